The Balaban J connectivity index is 2.92. The average molecular weight is 208 g/mol. The van der Waals surface area contributed by atoms with E-state index < -0.39 is 42.4 Å². The first-order valence-electron chi connectivity index (χ1n) is 4.01. The van der Waals surface area contributed by atoms with Gasteiger partial charge < -0.3 is 30.6 Å². The fraction of sp³-hybridized carbons (Fsp3) is 0.857. The fourth-order valence-electron chi connectivity index (χ4n) is 1.53. The number of carboxylic acids is 1. The molecule has 0 aromatic rings. The Morgan fingerprint density at radius 3 is 1.29 bits per heavy atom. The molecule has 1 fully saturated rings. The second-order valence-electron chi connectivity index (χ2n) is 3.32. The number of rotatable bonds is 1. The van der Waals surface area contributed by atoms with Gasteiger partial charge in [0.05, 0.1) is 12.2 Å². The van der Waals surface area contributed by atoms with E-state index in [1.165, 1.54) is 0 Å². The summed E-state index contributed by atoms with van der Waals surface area (Å²) in [6.45, 7) is 0. The van der Waals surface area contributed by atoms with Crippen LogP contribution in [0.1, 0.15) is 0 Å². The van der Waals surface area contributed by atoms with Crippen molar-refractivity contribution in [3.63, 3.8) is 0 Å². The maximum atomic E-state index is 10.5. The molecule has 7 heteroatoms. The highest BCUT2D eigenvalue weighted by Gasteiger charge is 2.51. The molecule has 4 atom stereocenters. The van der Waals surface area contributed by atoms with Gasteiger partial charge in [-0.05, 0) is 0 Å². The second kappa shape index (κ2) is 3.79. The van der Waals surface area contributed by atoms with Gasteiger partial charge in [-0.1, -0.05) is 0 Å². The summed E-state index contributed by atoms with van der Waals surface area (Å²) in [5.74, 6) is -3.25. The summed E-state index contributed by atoms with van der Waals surface area (Å²) in [6, 6.07) is 0. The molecule has 1 rings (SSSR count). The van der Waals surface area contributed by atoms with Crippen molar-refractivity contribution in [2.45, 2.75) is 30.5 Å². The molecule has 0 spiro atoms. The molecular weight excluding hydrogens is 196 g/mol. The molecule has 1 aliphatic rings. The lowest BCUT2D eigenvalue weighted by molar-refractivity contribution is -0.211. The van der Waals surface area contributed by atoms with E-state index in [1.54, 1.807) is 0 Å². The molecule has 0 radical (unpaired) electrons. The number of carbonyl (C=O) groups is 1. The molecule has 6 N–H and O–H groups in total. The van der Waals surface area contributed by atoms with Gasteiger partial charge in [0, 0.05) is 0 Å². The summed E-state index contributed by atoms with van der Waals surface area (Å²) in [7, 11) is 0. The number of aliphatic hydroxyl groups is 5. The van der Waals surface area contributed by atoms with Crippen LogP contribution >= 0.6 is 0 Å². The molecule has 0 aromatic carbocycles. The Kier molecular flexibility index (Phi) is 3.07. The average Bonchev–Trinajstić information content (AvgIpc) is 2.11. The number of carboxylic acid groups (broad SMARTS) is 1. The van der Waals surface area contributed by atoms with Gasteiger partial charge in [-0.25, -0.2) is 0 Å². The quantitative estimate of drug-likeness (QED) is 0.263. The van der Waals surface area contributed by atoms with Crippen LogP contribution in [-0.4, -0.2) is 67.1 Å². The minimum atomic E-state index is -1.80. The van der Waals surface area contributed by atoms with E-state index in [4.69, 9.17) is 20.4 Å². The predicted molar refractivity (Wildman–Crippen MR) is 41.2 cm³/mol. The predicted octanol–water partition coefficient (Wildman–Crippen LogP) is -3.49. The molecule has 7 nitrogen and oxygen atoms in total. The highest BCUT2D eigenvalue weighted by atomic mass is 16.4. The number of aliphatic hydroxyl groups excluding tert-OH is 5. The summed E-state index contributed by atoms with van der Waals surface area (Å²) in [4.78, 5) is 10.5. The summed E-state index contributed by atoms with van der Waals surface area (Å²) in [5.41, 5.74) is 0. The fourth-order valence-corrected chi connectivity index (χ4v) is 1.53. The van der Waals surface area contributed by atoms with Crippen LogP contribution in [0.15, 0.2) is 0 Å². The Labute approximate surface area is 78.8 Å². The topological polar surface area (TPSA) is 138 Å². The summed E-state index contributed by atoms with van der Waals surface area (Å²) >= 11 is 0. The van der Waals surface area contributed by atoms with Gasteiger partial charge in [-0.15, -0.1) is 0 Å². The van der Waals surface area contributed by atoms with E-state index in [2.05, 4.69) is 0 Å². The first-order chi connectivity index (χ1) is 6.37. The van der Waals surface area contributed by atoms with Gasteiger partial charge in [-0.2, -0.15) is 0 Å². The SMILES string of the molecule is O=C(O)C1[C@@H](O)[C@H](O)C(O)[C@@H](O)[C@@H]1O. The van der Waals surface area contributed by atoms with Crippen LogP contribution in [0.25, 0.3) is 0 Å². The molecule has 0 aliphatic heterocycles. The first-order valence-corrected chi connectivity index (χ1v) is 4.01. The van der Waals surface area contributed by atoms with Crippen molar-refractivity contribution in [3.05, 3.63) is 0 Å². The Morgan fingerprint density at radius 2 is 1.00 bits per heavy atom. The first kappa shape index (κ1) is 11.3. The molecular formula is C7H12O7. The number of hydrogen-bond acceptors (Lipinski definition) is 6. The largest absolute Gasteiger partial charge is 0.481 e. The van der Waals surface area contributed by atoms with Crippen molar-refractivity contribution >= 4 is 5.97 Å². The van der Waals surface area contributed by atoms with Crippen LogP contribution in [0.2, 0.25) is 0 Å². The third kappa shape index (κ3) is 1.60. The molecule has 0 saturated heterocycles. The maximum Gasteiger partial charge on any atom is 0.312 e. The standard InChI is InChI=1S/C7H12O7/c8-2-1(7(13)14)3(9)5(11)6(12)4(2)10/h1-6,8-12H,(H,13,14)/t1?,2-,3-,4+,5+,6?/m1/s1. The van der Waals surface area contributed by atoms with Crippen LogP contribution in [-0.2, 0) is 4.79 Å². The number of hydrogen-bond donors (Lipinski definition) is 6. The van der Waals surface area contributed by atoms with Crippen molar-refractivity contribution in [3.8, 4) is 0 Å². The monoisotopic (exact) mass is 208 g/mol. The van der Waals surface area contributed by atoms with Gasteiger partial charge >= 0.3 is 5.97 Å². The lowest BCUT2D eigenvalue weighted by Crippen LogP contribution is -2.62. The minimum absolute atomic E-state index is 1.55. The highest BCUT2D eigenvalue weighted by molar-refractivity contribution is 5.72. The van der Waals surface area contributed by atoms with E-state index in [1.807, 2.05) is 0 Å². The molecule has 0 bridgehead atoms. The van der Waals surface area contributed by atoms with Crippen molar-refractivity contribution in [2.75, 3.05) is 0 Å². The normalized spacial score (nSPS) is 48.9. The summed E-state index contributed by atoms with van der Waals surface area (Å²) in [5, 5.41) is 54.3. The number of aliphatic carboxylic acids is 1. The molecule has 0 amide bonds. The van der Waals surface area contributed by atoms with Crippen LogP contribution in [0, 0.1) is 5.92 Å². The third-order valence-corrected chi connectivity index (χ3v) is 2.42. The molecule has 1 saturated carbocycles. The summed E-state index contributed by atoms with van der Waals surface area (Å²) in [6.07, 6.45) is -8.93. The second-order valence-corrected chi connectivity index (χ2v) is 3.32. The van der Waals surface area contributed by atoms with Crippen LogP contribution < -0.4 is 0 Å². The van der Waals surface area contributed by atoms with E-state index in [-0.39, 0.29) is 0 Å². The van der Waals surface area contributed by atoms with Crippen LogP contribution in [0.3, 0.4) is 0 Å². The van der Waals surface area contributed by atoms with Gasteiger partial charge in [0.1, 0.15) is 24.2 Å². The molecule has 1 aliphatic carbocycles. The van der Waals surface area contributed by atoms with Crippen LogP contribution in [0.5, 0.6) is 0 Å². The van der Waals surface area contributed by atoms with E-state index >= 15 is 0 Å². The van der Waals surface area contributed by atoms with Crippen LogP contribution in [0.4, 0.5) is 0 Å². The molecule has 0 aromatic heterocycles. The third-order valence-electron chi connectivity index (χ3n) is 2.42. The van der Waals surface area contributed by atoms with Crippen molar-refractivity contribution < 1.29 is 35.4 Å². The van der Waals surface area contributed by atoms with E-state index in [9.17, 15) is 15.0 Å². The highest BCUT2D eigenvalue weighted by Crippen LogP contribution is 2.26. The maximum absolute atomic E-state index is 10.5. The Morgan fingerprint density at radius 1 is 0.714 bits per heavy atom. The smallest absolute Gasteiger partial charge is 0.312 e. The van der Waals surface area contributed by atoms with Gasteiger partial charge in [0.15, 0.2) is 0 Å². The van der Waals surface area contributed by atoms with E-state index in [0.717, 1.165) is 0 Å². The molecule has 14 heavy (non-hydrogen) atoms. The van der Waals surface area contributed by atoms with Gasteiger partial charge in [0.25, 0.3) is 0 Å². The summed E-state index contributed by atoms with van der Waals surface area (Å²) < 4.78 is 0. The molecule has 0 unspecified atom stereocenters. The zero-order chi connectivity index (χ0) is 11.0. The van der Waals surface area contributed by atoms with Gasteiger partial charge in [0.2, 0.25) is 0 Å². The van der Waals surface area contributed by atoms with E-state index in [0.29, 0.717) is 0 Å². The lowest BCUT2D eigenvalue weighted by atomic mass is 9.78. The van der Waals surface area contributed by atoms with Crippen molar-refractivity contribution in [2.24, 2.45) is 5.92 Å². The Hall–Kier alpha value is -0.730. The minimum Gasteiger partial charge on any atom is -0.481 e. The van der Waals surface area contributed by atoms with Gasteiger partial charge in [-0.3, -0.25) is 4.79 Å². The molecule has 82 valence electrons. The zero-order valence-electron chi connectivity index (χ0n) is 7.06. The van der Waals surface area contributed by atoms with Crippen molar-refractivity contribution in [1.82, 2.24) is 0 Å². The molecule has 0 heterocycles. The zero-order valence-corrected chi connectivity index (χ0v) is 7.06. The lowest BCUT2D eigenvalue weighted by Gasteiger charge is -2.39. The van der Waals surface area contributed by atoms with Crippen molar-refractivity contribution in [1.29, 1.82) is 0 Å². The Bertz CT molecular complexity index is 214.